The number of anilines is 2. The third kappa shape index (κ3) is 3.45. The Hall–Kier alpha value is -2.10. The molecule has 3 N–H and O–H groups in total. The van der Waals surface area contributed by atoms with Gasteiger partial charge in [-0.25, -0.2) is 4.98 Å². The van der Waals surface area contributed by atoms with E-state index in [-0.39, 0.29) is 0 Å². The Balaban J connectivity index is 1.82. The van der Waals surface area contributed by atoms with Crippen molar-refractivity contribution in [2.45, 2.75) is 19.3 Å². The highest BCUT2D eigenvalue weighted by Crippen LogP contribution is 2.18. The summed E-state index contributed by atoms with van der Waals surface area (Å²) in [6.07, 6.45) is 4.27. The van der Waals surface area contributed by atoms with Crippen LogP contribution in [0.15, 0.2) is 42.7 Å². The van der Waals surface area contributed by atoms with Crippen LogP contribution in [0.1, 0.15) is 24.8 Å². The van der Waals surface area contributed by atoms with Gasteiger partial charge in [-0.15, -0.1) is 0 Å². The van der Waals surface area contributed by atoms with E-state index in [0.717, 1.165) is 18.8 Å². The zero-order valence-corrected chi connectivity index (χ0v) is 10.5. The minimum Gasteiger partial charge on any atom is -0.382 e. The van der Waals surface area contributed by atoms with E-state index in [1.807, 2.05) is 6.07 Å². The number of rotatable bonds is 5. The third-order valence-corrected chi connectivity index (χ3v) is 2.91. The summed E-state index contributed by atoms with van der Waals surface area (Å²) in [4.78, 5) is 8.14. The number of benzene rings is 1. The second kappa shape index (κ2) is 6.00. The van der Waals surface area contributed by atoms with Gasteiger partial charge in [-0.2, -0.15) is 0 Å². The minimum atomic E-state index is 0.441. The van der Waals surface area contributed by atoms with Crippen molar-refractivity contribution in [1.82, 2.24) is 9.97 Å². The number of hydrogen-bond acceptors (Lipinski definition) is 4. The molecule has 0 bridgehead atoms. The zero-order chi connectivity index (χ0) is 12.8. The second-order valence-electron chi connectivity index (χ2n) is 4.36. The number of nitrogen functional groups attached to an aromatic ring is 1. The van der Waals surface area contributed by atoms with Gasteiger partial charge in [0, 0.05) is 6.54 Å². The number of nitrogens with one attached hydrogen (secondary N) is 1. The molecule has 1 unspecified atom stereocenters. The third-order valence-electron chi connectivity index (χ3n) is 2.91. The zero-order valence-electron chi connectivity index (χ0n) is 10.5. The molecule has 2 rings (SSSR count). The Kier molecular flexibility index (Phi) is 4.12. The molecule has 0 aliphatic rings. The van der Waals surface area contributed by atoms with Crippen LogP contribution in [-0.2, 0) is 0 Å². The molecule has 0 fully saturated rings. The minimum absolute atomic E-state index is 0.441. The molecular weight excluding hydrogens is 224 g/mol. The Labute approximate surface area is 107 Å². The van der Waals surface area contributed by atoms with Crippen LogP contribution < -0.4 is 11.1 Å². The molecule has 0 aliphatic carbocycles. The van der Waals surface area contributed by atoms with Crippen LogP contribution in [0.5, 0.6) is 0 Å². The highest BCUT2D eigenvalue weighted by atomic mass is 15.0. The molecule has 2 aromatic rings. The second-order valence-corrected chi connectivity index (χ2v) is 4.36. The number of nitrogens with zero attached hydrogens (tertiary/aromatic N) is 2. The van der Waals surface area contributed by atoms with Crippen molar-refractivity contribution in [3.05, 3.63) is 48.3 Å². The SMILES string of the molecule is CC(CCNc1cncc(N)n1)c1ccccc1. The first-order valence-electron chi connectivity index (χ1n) is 6.12. The maximum Gasteiger partial charge on any atom is 0.146 e. The lowest BCUT2D eigenvalue weighted by Crippen LogP contribution is -2.08. The summed E-state index contributed by atoms with van der Waals surface area (Å²) >= 11 is 0. The van der Waals surface area contributed by atoms with Crippen LogP contribution in [-0.4, -0.2) is 16.5 Å². The van der Waals surface area contributed by atoms with E-state index in [9.17, 15) is 0 Å². The van der Waals surface area contributed by atoms with Gasteiger partial charge in [0.2, 0.25) is 0 Å². The molecular formula is C14H18N4. The van der Waals surface area contributed by atoms with Gasteiger partial charge < -0.3 is 11.1 Å². The Bertz CT molecular complexity index is 484. The van der Waals surface area contributed by atoms with Gasteiger partial charge >= 0.3 is 0 Å². The van der Waals surface area contributed by atoms with Gasteiger partial charge in [-0.05, 0) is 17.9 Å². The molecule has 1 aromatic carbocycles. The molecule has 0 saturated heterocycles. The monoisotopic (exact) mass is 242 g/mol. The molecule has 0 spiro atoms. The summed E-state index contributed by atoms with van der Waals surface area (Å²) in [6, 6.07) is 10.5. The van der Waals surface area contributed by atoms with Crippen molar-refractivity contribution in [2.75, 3.05) is 17.6 Å². The first-order valence-corrected chi connectivity index (χ1v) is 6.12. The predicted molar refractivity (Wildman–Crippen MR) is 74.4 cm³/mol. The highest BCUT2D eigenvalue weighted by molar-refractivity contribution is 5.38. The van der Waals surface area contributed by atoms with Crippen LogP contribution >= 0.6 is 0 Å². The Morgan fingerprint density at radius 2 is 2.00 bits per heavy atom. The van der Waals surface area contributed by atoms with Crippen molar-refractivity contribution in [3.63, 3.8) is 0 Å². The van der Waals surface area contributed by atoms with E-state index >= 15 is 0 Å². The van der Waals surface area contributed by atoms with E-state index in [1.165, 1.54) is 11.8 Å². The molecule has 0 radical (unpaired) electrons. The van der Waals surface area contributed by atoms with Gasteiger partial charge in [0.05, 0.1) is 12.4 Å². The summed E-state index contributed by atoms with van der Waals surface area (Å²) in [7, 11) is 0. The quantitative estimate of drug-likeness (QED) is 0.846. The summed E-state index contributed by atoms with van der Waals surface area (Å²) in [5.41, 5.74) is 6.93. The normalized spacial score (nSPS) is 12.1. The van der Waals surface area contributed by atoms with Crippen LogP contribution in [0.4, 0.5) is 11.6 Å². The van der Waals surface area contributed by atoms with Crippen molar-refractivity contribution in [1.29, 1.82) is 0 Å². The molecule has 4 heteroatoms. The molecule has 4 nitrogen and oxygen atoms in total. The van der Waals surface area contributed by atoms with Crippen LogP contribution in [0, 0.1) is 0 Å². The number of hydrogen-bond donors (Lipinski definition) is 2. The van der Waals surface area contributed by atoms with Crippen molar-refractivity contribution >= 4 is 11.6 Å². The lowest BCUT2D eigenvalue weighted by Gasteiger charge is -2.12. The topological polar surface area (TPSA) is 63.8 Å². The summed E-state index contributed by atoms with van der Waals surface area (Å²) in [6.45, 7) is 3.08. The molecule has 0 saturated carbocycles. The largest absolute Gasteiger partial charge is 0.382 e. The summed E-state index contributed by atoms with van der Waals surface area (Å²) < 4.78 is 0. The van der Waals surface area contributed by atoms with E-state index in [0.29, 0.717) is 11.7 Å². The van der Waals surface area contributed by atoms with Crippen molar-refractivity contribution in [3.8, 4) is 0 Å². The fraction of sp³-hybridized carbons (Fsp3) is 0.286. The molecule has 1 aromatic heterocycles. The van der Waals surface area contributed by atoms with E-state index < -0.39 is 0 Å². The first-order chi connectivity index (χ1) is 8.75. The van der Waals surface area contributed by atoms with Gasteiger partial charge in [0.15, 0.2) is 0 Å². The van der Waals surface area contributed by atoms with Gasteiger partial charge in [0.25, 0.3) is 0 Å². The standard InChI is InChI=1S/C14H18N4/c1-11(12-5-3-2-4-6-12)7-8-17-14-10-16-9-13(15)18-14/h2-6,9-11H,7-8H2,1H3,(H3,15,17,18). The average molecular weight is 242 g/mol. The number of nitrogens with two attached hydrogens (primary N) is 1. The molecule has 94 valence electrons. The van der Waals surface area contributed by atoms with Crippen LogP contribution in [0.2, 0.25) is 0 Å². The Morgan fingerprint density at radius 1 is 1.22 bits per heavy atom. The maximum absolute atomic E-state index is 5.57. The highest BCUT2D eigenvalue weighted by Gasteiger charge is 2.04. The first kappa shape index (κ1) is 12.4. The lowest BCUT2D eigenvalue weighted by molar-refractivity contribution is 0.704. The summed E-state index contributed by atoms with van der Waals surface area (Å²) in [5, 5.41) is 3.23. The van der Waals surface area contributed by atoms with E-state index in [4.69, 9.17) is 5.73 Å². The molecule has 1 atom stereocenters. The van der Waals surface area contributed by atoms with Gasteiger partial charge in [0.1, 0.15) is 11.6 Å². The molecule has 1 heterocycles. The number of aromatic nitrogens is 2. The molecule has 0 amide bonds. The smallest absolute Gasteiger partial charge is 0.146 e. The lowest BCUT2D eigenvalue weighted by atomic mass is 9.98. The van der Waals surface area contributed by atoms with Crippen molar-refractivity contribution in [2.24, 2.45) is 0 Å². The Morgan fingerprint density at radius 3 is 2.72 bits per heavy atom. The van der Waals surface area contributed by atoms with Crippen LogP contribution in [0.25, 0.3) is 0 Å². The van der Waals surface area contributed by atoms with E-state index in [1.54, 1.807) is 6.20 Å². The summed E-state index contributed by atoms with van der Waals surface area (Å²) in [5.74, 6) is 1.69. The molecule has 0 aliphatic heterocycles. The van der Waals surface area contributed by atoms with Crippen LogP contribution in [0.3, 0.4) is 0 Å². The predicted octanol–water partition coefficient (Wildman–Crippen LogP) is 2.66. The van der Waals surface area contributed by atoms with E-state index in [2.05, 4.69) is 46.5 Å². The fourth-order valence-electron chi connectivity index (χ4n) is 1.83. The maximum atomic E-state index is 5.57. The average Bonchev–Trinajstić information content (AvgIpc) is 2.40. The van der Waals surface area contributed by atoms with Gasteiger partial charge in [-0.3, -0.25) is 4.98 Å². The fourth-order valence-corrected chi connectivity index (χ4v) is 1.83. The molecule has 18 heavy (non-hydrogen) atoms. The van der Waals surface area contributed by atoms with Crippen molar-refractivity contribution < 1.29 is 0 Å². The van der Waals surface area contributed by atoms with Gasteiger partial charge in [-0.1, -0.05) is 37.3 Å².